The standard InChI is InChI=1S/C17H18N6O/c24-17(16-12-19-23(20-16)14-6-2-1-3-7-14)22-11-4-8-15(22)13-21-10-5-9-18-21/h1-3,5-7,9-10,12,15H,4,8,11,13H2. The summed E-state index contributed by atoms with van der Waals surface area (Å²) >= 11 is 0. The van der Waals surface area contributed by atoms with E-state index in [4.69, 9.17) is 0 Å². The summed E-state index contributed by atoms with van der Waals surface area (Å²) in [4.78, 5) is 16.2. The van der Waals surface area contributed by atoms with Gasteiger partial charge in [0.1, 0.15) is 0 Å². The first-order valence-electron chi connectivity index (χ1n) is 8.07. The third-order valence-electron chi connectivity index (χ3n) is 4.29. The smallest absolute Gasteiger partial charge is 0.276 e. The average molecular weight is 322 g/mol. The molecule has 2 aromatic heterocycles. The van der Waals surface area contributed by atoms with Gasteiger partial charge < -0.3 is 4.90 Å². The molecule has 122 valence electrons. The number of aromatic nitrogens is 5. The number of hydrogen-bond donors (Lipinski definition) is 0. The highest BCUT2D eigenvalue weighted by atomic mass is 16.2. The molecule has 24 heavy (non-hydrogen) atoms. The molecule has 1 saturated heterocycles. The van der Waals surface area contributed by atoms with Crippen LogP contribution in [0.5, 0.6) is 0 Å². The van der Waals surface area contributed by atoms with E-state index in [0.29, 0.717) is 12.2 Å². The summed E-state index contributed by atoms with van der Waals surface area (Å²) in [6, 6.07) is 11.6. The normalized spacial score (nSPS) is 17.3. The highest BCUT2D eigenvalue weighted by Gasteiger charge is 2.31. The highest BCUT2D eigenvalue weighted by Crippen LogP contribution is 2.21. The molecule has 4 rings (SSSR count). The summed E-state index contributed by atoms with van der Waals surface area (Å²) < 4.78 is 1.87. The van der Waals surface area contributed by atoms with Gasteiger partial charge in [-0.05, 0) is 31.0 Å². The molecule has 3 aromatic rings. The number of carbonyl (C=O) groups excluding carboxylic acids is 1. The fraction of sp³-hybridized carbons (Fsp3) is 0.294. The third-order valence-corrected chi connectivity index (χ3v) is 4.29. The molecule has 1 fully saturated rings. The van der Waals surface area contributed by atoms with E-state index in [2.05, 4.69) is 15.3 Å². The van der Waals surface area contributed by atoms with E-state index in [1.165, 1.54) is 4.80 Å². The number of carbonyl (C=O) groups is 1. The lowest BCUT2D eigenvalue weighted by molar-refractivity contribution is 0.0715. The van der Waals surface area contributed by atoms with E-state index in [9.17, 15) is 4.79 Å². The van der Waals surface area contributed by atoms with Crippen LogP contribution in [0.2, 0.25) is 0 Å². The summed E-state index contributed by atoms with van der Waals surface area (Å²) in [5, 5.41) is 12.8. The van der Waals surface area contributed by atoms with Crippen molar-refractivity contribution in [3.8, 4) is 5.69 Å². The van der Waals surface area contributed by atoms with Crippen LogP contribution in [0.25, 0.3) is 5.69 Å². The molecule has 0 spiro atoms. The molecular weight excluding hydrogens is 304 g/mol. The van der Waals surface area contributed by atoms with Crippen LogP contribution in [-0.2, 0) is 6.54 Å². The molecule has 1 aliphatic heterocycles. The van der Waals surface area contributed by atoms with Gasteiger partial charge in [0.2, 0.25) is 0 Å². The van der Waals surface area contributed by atoms with Gasteiger partial charge in [0.05, 0.1) is 24.5 Å². The Morgan fingerprint density at radius 1 is 1.17 bits per heavy atom. The monoisotopic (exact) mass is 322 g/mol. The Morgan fingerprint density at radius 3 is 2.83 bits per heavy atom. The lowest BCUT2D eigenvalue weighted by Gasteiger charge is -2.23. The van der Waals surface area contributed by atoms with Crippen molar-refractivity contribution in [3.63, 3.8) is 0 Å². The van der Waals surface area contributed by atoms with Crippen molar-refractivity contribution in [2.75, 3.05) is 6.54 Å². The van der Waals surface area contributed by atoms with Crippen molar-refractivity contribution >= 4 is 5.91 Å². The van der Waals surface area contributed by atoms with Crippen LogP contribution >= 0.6 is 0 Å². The van der Waals surface area contributed by atoms with Crippen molar-refractivity contribution in [1.82, 2.24) is 29.7 Å². The number of nitrogens with zero attached hydrogens (tertiary/aromatic N) is 6. The summed E-state index contributed by atoms with van der Waals surface area (Å²) in [7, 11) is 0. The lowest BCUT2D eigenvalue weighted by Crippen LogP contribution is -2.38. The number of para-hydroxylation sites is 1. The van der Waals surface area contributed by atoms with Crippen LogP contribution in [0.4, 0.5) is 0 Å². The van der Waals surface area contributed by atoms with Crippen LogP contribution in [0.1, 0.15) is 23.3 Å². The van der Waals surface area contributed by atoms with Gasteiger partial charge in [0, 0.05) is 18.9 Å². The number of benzene rings is 1. The number of amides is 1. The minimum atomic E-state index is -0.0631. The SMILES string of the molecule is O=C(c1cnn(-c2ccccc2)n1)N1CCCC1Cn1cccn1. The van der Waals surface area contributed by atoms with Gasteiger partial charge >= 0.3 is 0 Å². The van der Waals surface area contributed by atoms with Crippen molar-refractivity contribution in [3.05, 3.63) is 60.7 Å². The number of rotatable bonds is 4. The molecule has 0 bridgehead atoms. The van der Waals surface area contributed by atoms with E-state index in [0.717, 1.165) is 25.1 Å². The molecule has 1 amide bonds. The molecule has 0 saturated carbocycles. The van der Waals surface area contributed by atoms with Crippen molar-refractivity contribution in [2.45, 2.75) is 25.4 Å². The molecule has 3 heterocycles. The second-order valence-corrected chi connectivity index (χ2v) is 5.88. The average Bonchev–Trinajstić information content (AvgIpc) is 3.37. The van der Waals surface area contributed by atoms with Gasteiger partial charge in [0.15, 0.2) is 5.69 Å². The third kappa shape index (κ3) is 2.80. The Morgan fingerprint density at radius 2 is 2.04 bits per heavy atom. The Hall–Kier alpha value is -2.96. The van der Waals surface area contributed by atoms with E-state index < -0.39 is 0 Å². The fourth-order valence-electron chi connectivity index (χ4n) is 3.11. The van der Waals surface area contributed by atoms with Gasteiger partial charge in [-0.15, -0.1) is 5.10 Å². The van der Waals surface area contributed by atoms with E-state index >= 15 is 0 Å². The predicted octanol–water partition coefficient (Wildman–Crippen LogP) is 1.77. The Bertz CT molecular complexity index is 811. The Kier molecular flexibility index (Phi) is 3.82. The molecule has 7 heteroatoms. The van der Waals surface area contributed by atoms with Crippen LogP contribution in [-0.4, -0.2) is 48.2 Å². The number of hydrogen-bond acceptors (Lipinski definition) is 4. The quantitative estimate of drug-likeness (QED) is 0.734. The predicted molar refractivity (Wildman–Crippen MR) is 87.6 cm³/mol. The molecule has 0 aliphatic carbocycles. The van der Waals surface area contributed by atoms with Crippen LogP contribution < -0.4 is 0 Å². The maximum atomic E-state index is 12.8. The van der Waals surface area contributed by atoms with Crippen LogP contribution in [0.15, 0.2) is 55.0 Å². The minimum absolute atomic E-state index is 0.0631. The molecular formula is C17H18N6O. The van der Waals surface area contributed by atoms with E-state index in [1.54, 1.807) is 12.4 Å². The Balaban J connectivity index is 1.52. The molecule has 0 radical (unpaired) electrons. The first-order valence-corrected chi connectivity index (χ1v) is 8.07. The van der Waals surface area contributed by atoms with Crippen molar-refractivity contribution in [1.29, 1.82) is 0 Å². The van der Waals surface area contributed by atoms with Gasteiger partial charge in [-0.3, -0.25) is 9.48 Å². The number of likely N-dealkylation sites (tertiary alicyclic amines) is 1. The second kappa shape index (κ2) is 6.27. The summed E-state index contributed by atoms with van der Waals surface area (Å²) in [6.07, 6.45) is 7.21. The second-order valence-electron chi connectivity index (χ2n) is 5.88. The maximum absolute atomic E-state index is 12.8. The lowest BCUT2D eigenvalue weighted by atomic mass is 10.2. The van der Waals surface area contributed by atoms with E-state index in [1.807, 2.05) is 52.2 Å². The fourth-order valence-corrected chi connectivity index (χ4v) is 3.11. The maximum Gasteiger partial charge on any atom is 0.276 e. The minimum Gasteiger partial charge on any atom is -0.332 e. The topological polar surface area (TPSA) is 68.8 Å². The van der Waals surface area contributed by atoms with Gasteiger partial charge in [-0.25, -0.2) is 0 Å². The zero-order valence-electron chi connectivity index (χ0n) is 13.2. The Labute approximate surface area is 139 Å². The molecule has 1 atom stereocenters. The van der Waals surface area contributed by atoms with Crippen molar-refractivity contribution in [2.24, 2.45) is 0 Å². The van der Waals surface area contributed by atoms with Gasteiger partial charge in [-0.2, -0.15) is 15.0 Å². The molecule has 1 aromatic carbocycles. The van der Waals surface area contributed by atoms with E-state index in [-0.39, 0.29) is 11.9 Å². The highest BCUT2D eigenvalue weighted by molar-refractivity contribution is 5.92. The van der Waals surface area contributed by atoms with Gasteiger partial charge in [-0.1, -0.05) is 18.2 Å². The zero-order valence-corrected chi connectivity index (χ0v) is 13.2. The molecule has 1 unspecified atom stereocenters. The first kappa shape index (κ1) is 14.6. The molecule has 1 aliphatic rings. The molecule has 0 N–H and O–H groups in total. The summed E-state index contributed by atoms with van der Waals surface area (Å²) in [5.74, 6) is -0.0631. The van der Waals surface area contributed by atoms with Crippen LogP contribution in [0.3, 0.4) is 0 Å². The zero-order chi connectivity index (χ0) is 16.4. The van der Waals surface area contributed by atoms with Crippen LogP contribution in [0, 0.1) is 0 Å². The van der Waals surface area contributed by atoms with Gasteiger partial charge in [0.25, 0.3) is 5.91 Å². The summed E-state index contributed by atoms with van der Waals surface area (Å²) in [5.41, 5.74) is 1.22. The summed E-state index contributed by atoms with van der Waals surface area (Å²) in [6.45, 7) is 1.47. The largest absolute Gasteiger partial charge is 0.332 e. The molecule has 7 nitrogen and oxygen atoms in total. The first-order chi connectivity index (χ1) is 11.8. The van der Waals surface area contributed by atoms with Crippen molar-refractivity contribution < 1.29 is 4.79 Å².